The van der Waals surface area contributed by atoms with Crippen LogP contribution in [0.2, 0.25) is 0 Å². The van der Waals surface area contributed by atoms with Gasteiger partial charge in [0.2, 0.25) is 5.69 Å². The summed E-state index contributed by atoms with van der Waals surface area (Å²) in [6.07, 6.45) is 3.34. The topological polar surface area (TPSA) is 101 Å². The molecule has 7 nitrogen and oxygen atoms in total. The van der Waals surface area contributed by atoms with Gasteiger partial charge >= 0.3 is 5.97 Å². The Balaban J connectivity index is 1.82. The zero-order valence-corrected chi connectivity index (χ0v) is 11.7. The van der Waals surface area contributed by atoms with E-state index in [-0.39, 0.29) is 11.6 Å². The molecule has 0 aliphatic carbocycles. The van der Waals surface area contributed by atoms with Crippen LogP contribution >= 0.6 is 0 Å². The zero-order valence-electron chi connectivity index (χ0n) is 11.7. The second-order valence-corrected chi connectivity index (χ2v) is 4.41. The number of carboxylic acid groups (broad SMARTS) is 1. The van der Waals surface area contributed by atoms with Crippen LogP contribution in [0.4, 0.5) is 0 Å². The number of carbonyl (C=O) groups is 1. The van der Waals surface area contributed by atoms with Crippen LogP contribution in [0.5, 0.6) is 11.6 Å². The van der Waals surface area contributed by atoms with Gasteiger partial charge in [0.05, 0.1) is 0 Å². The molecule has 0 spiro atoms. The number of nitrogens with one attached hydrogen (secondary N) is 1. The molecule has 0 aliphatic rings. The lowest BCUT2D eigenvalue weighted by atomic mass is 10.2. The Hall–Kier alpha value is -3.66. The van der Waals surface area contributed by atoms with Crippen molar-refractivity contribution in [3.63, 3.8) is 0 Å². The quantitative estimate of drug-likeness (QED) is 0.719. The zero-order chi connectivity index (χ0) is 16.1. The lowest BCUT2D eigenvalue weighted by Crippen LogP contribution is -1.99. The van der Waals surface area contributed by atoms with Gasteiger partial charge in [-0.2, -0.15) is 0 Å². The Bertz CT molecular complexity index is 894. The average molecular weight is 306 g/mol. The van der Waals surface area contributed by atoms with Crippen molar-refractivity contribution < 1.29 is 14.6 Å². The lowest BCUT2D eigenvalue weighted by molar-refractivity contribution is 0.0687. The van der Waals surface area contributed by atoms with E-state index >= 15 is 0 Å². The Labute approximate surface area is 131 Å². The van der Waals surface area contributed by atoms with Crippen LogP contribution in [0, 0.1) is 11.8 Å². The van der Waals surface area contributed by atoms with E-state index in [0.29, 0.717) is 5.75 Å². The molecule has 0 aliphatic heterocycles. The summed E-state index contributed by atoms with van der Waals surface area (Å²) in [6, 6.07) is 10.6. The summed E-state index contributed by atoms with van der Waals surface area (Å²) >= 11 is 0. The summed E-state index contributed by atoms with van der Waals surface area (Å²) in [5.74, 6) is 5.13. The Morgan fingerprint density at radius 2 is 1.91 bits per heavy atom. The van der Waals surface area contributed by atoms with Gasteiger partial charge in [-0.3, -0.25) is 4.98 Å². The summed E-state index contributed by atoms with van der Waals surface area (Å²) in [4.78, 5) is 14.9. The number of nitrogens with zero attached hydrogens (tertiary/aromatic N) is 3. The van der Waals surface area contributed by atoms with Crippen LogP contribution in [0.15, 0.2) is 48.8 Å². The number of ether oxygens (including phenoxy) is 1. The Kier molecular flexibility index (Phi) is 3.98. The largest absolute Gasteiger partial charge is 0.476 e. The predicted molar refractivity (Wildman–Crippen MR) is 80.1 cm³/mol. The Morgan fingerprint density at radius 3 is 2.70 bits per heavy atom. The third kappa shape index (κ3) is 3.51. The number of rotatable bonds is 3. The molecular formula is C16H10N4O3. The van der Waals surface area contributed by atoms with E-state index in [9.17, 15) is 4.79 Å². The van der Waals surface area contributed by atoms with Crippen molar-refractivity contribution in [2.45, 2.75) is 0 Å². The van der Waals surface area contributed by atoms with Gasteiger partial charge in [-0.05, 0) is 30.3 Å². The summed E-state index contributed by atoms with van der Waals surface area (Å²) in [6.45, 7) is 0. The van der Waals surface area contributed by atoms with Gasteiger partial charge in [0.25, 0.3) is 5.88 Å². The van der Waals surface area contributed by atoms with E-state index in [2.05, 4.69) is 32.2 Å². The first kappa shape index (κ1) is 14.3. The number of carboxylic acids is 1. The predicted octanol–water partition coefficient (Wildman–Crippen LogP) is 2.09. The van der Waals surface area contributed by atoms with Crippen molar-refractivity contribution in [1.82, 2.24) is 20.4 Å². The maximum absolute atomic E-state index is 11.0. The number of aromatic amines is 1. The van der Waals surface area contributed by atoms with Crippen molar-refractivity contribution >= 4 is 5.97 Å². The molecule has 0 fully saturated rings. The first-order chi connectivity index (χ1) is 11.2. The monoisotopic (exact) mass is 306 g/mol. The van der Waals surface area contributed by atoms with Crippen molar-refractivity contribution in [3.05, 3.63) is 65.6 Å². The smallest absolute Gasteiger partial charge is 0.359 e. The molecule has 7 heteroatoms. The molecule has 112 valence electrons. The number of H-pyrrole nitrogens is 1. The second-order valence-electron chi connectivity index (χ2n) is 4.41. The third-order valence-corrected chi connectivity index (χ3v) is 2.81. The van der Waals surface area contributed by atoms with Gasteiger partial charge in [0, 0.05) is 23.5 Å². The van der Waals surface area contributed by atoms with E-state index in [1.54, 1.807) is 30.6 Å². The molecule has 0 saturated heterocycles. The fraction of sp³-hybridized carbons (Fsp3) is 0. The molecule has 3 rings (SSSR count). The SMILES string of the molecule is O=C(O)c1[nH]nnc1Oc1cccc(C#Cc2ccncc2)c1. The van der Waals surface area contributed by atoms with Crippen LogP contribution in [0.25, 0.3) is 0 Å². The fourth-order valence-electron chi connectivity index (χ4n) is 1.76. The van der Waals surface area contributed by atoms with Crippen molar-refractivity contribution in [2.24, 2.45) is 0 Å². The summed E-state index contributed by atoms with van der Waals surface area (Å²) in [5.41, 5.74) is 1.36. The van der Waals surface area contributed by atoms with Gasteiger partial charge in [-0.15, -0.1) is 0 Å². The molecule has 2 N–H and O–H groups in total. The molecule has 0 bridgehead atoms. The molecule has 2 aromatic heterocycles. The van der Waals surface area contributed by atoms with Gasteiger partial charge in [-0.25, -0.2) is 9.89 Å². The minimum absolute atomic E-state index is 0.100. The van der Waals surface area contributed by atoms with E-state index in [1.165, 1.54) is 0 Å². The molecule has 0 saturated carbocycles. The molecule has 3 aromatic rings. The van der Waals surface area contributed by atoms with Crippen molar-refractivity contribution in [1.29, 1.82) is 0 Å². The molecule has 2 heterocycles. The highest BCUT2D eigenvalue weighted by Crippen LogP contribution is 2.22. The van der Waals surface area contributed by atoms with E-state index in [4.69, 9.17) is 9.84 Å². The normalized spacial score (nSPS) is 9.74. The van der Waals surface area contributed by atoms with E-state index < -0.39 is 5.97 Å². The summed E-state index contributed by atoms with van der Waals surface area (Å²) in [7, 11) is 0. The van der Waals surface area contributed by atoms with Crippen LogP contribution in [0.1, 0.15) is 21.6 Å². The lowest BCUT2D eigenvalue weighted by Gasteiger charge is -2.02. The molecular weight excluding hydrogens is 296 g/mol. The highest BCUT2D eigenvalue weighted by molar-refractivity contribution is 5.87. The van der Waals surface area contributed by atoms with Crippen LogP contribution in [-0.2, 0) is 0 Å². The molecule has 0 radical (unpaired) electrons. The number of hydrogen-bond acceptors (Lipinski definition) is 5. The number of aromatic nitrogens is 4. The molecule has 1 aromatic carbocycles. The molecule has 0 atom stereocenters. The highest BCUT2D eigenvalue weighted by Gasteiger charge is 2.16. The average Bonchev–Trinajstić information content (AvgIpc) is 3.03. The number of hydrogen-bond donors (Lipinski definition) is 2. The van der Waals surface area contributed by atoms with Crippen molar-refractivity contribution in [3.8, 4) is 23.5 Å². The van der Waals surface area contributed by atoms with Gasteiger partial charge in [0.15, 0.2) is 0 Å². The van der Waals surface area contributed by atoms with Crippen LogP contribution in [-0.4, -0.2) is 31.5 Å². The van der Waals surface area contributed by atoms with Gasteiger partial charge in [0.1, 0.15) is 5.75 Å². The van der Waals surface area contributed by atoms with E-state index in [1.807, 2.05) is 18.2 Å². The maximum atomic E-state index is 11.0. The minimum Gasteiger partial charge on any atom is -0.476 e. The molecule has 0 amide bonds. The second kappa shape index (κ2) is 6.41. The minimum atomic E-state index is -1.20. The number of pyridine rings is 1. The first-order valence-corrected chi connectivity index (χ1v) is 6.56. The van der Waals surface area contributed by atoms with Gasteiger partial charge in [-0.1, -0.05) is 28.2 Å². The summed E-state index contributed by atoms with van der Waals surface area (Å²) < 4.78 is 5.44. The summed E-state index contributed by atoms with van der Waals surface area (Å²) in [5, 5.41) is 18.3. The molecule has 23 heavy (non-hydrogen) atoms. The third-order valence-electron chi connectivity index (χ3n) is 2.81. The van der Waals surface area contributed by atoms with Crippen molar-refractivity contribution in [2.75, 3.05) is 0 Å². The van der Waals surface area contributed by atoms with Crippen LogP contribution in [0.3, 0.4) is 0 Å². The standard InChI is InChI=1S/C16H10N4O3/c21-16(22)14-15(19-20-18-14)23-13-3-1-2-12(10-13)5-4-11-6-8-17-9-7-11/h1-3,6-10H,(H,21,22)(H,18,19,20). The highest BCUT2D eigenvalue weighted by atomic mass is 16.5. The fourth-order valence-corrected chi connectivity index (χ4v) is 1.76. The van der Waals surface area contributed by atoms with Crippen LogP contribution < -0.4 is 4.74 Å². The Morgan fingerprint density at radius 1 is 1.13 bits per heavy atom. The number of benzene rings is 1. The van der Waals surface area contributed by atoms with Gasteiger partial charge < -0.3 is 9.84 Å². The first-order valence-electron chi connectivity index (χ1n) is 6.56. The molecule has 0 unspecified atom stereocenters. The number of aromatic carboxylic acids is 1. The van der Waals surface area contributed by atoms with E-state index in [0.717, 1.165) is 11.1 Å². The maximum Gasteiger partial charge on any atom is 0.359 e.